The van der Waals surface area contributed by atoms with Crippen LogP contribution >= 0.6 is 38.9 Å². The van der Waals surface area contributed by atoms with Gasteiger partial charge >= 0.3 is 0 Å². The van der Waals surface area contributed by atoms with Gasteiger partial charge in [0.15, 0.2) is 11.5 Å². The summed E-state index contributed by atoms with van der Waals surface area (Å²) in [6, 6.07) is 5.74. The van der Waals surface area contributed by atoms with Gasteiger partial charge < -0.3 is 14.8 Å². The highest BCUT2D eigenvalue weighted by molar-refractivity contribution is 9.11. The van der Waals surface area contributed by atoms with Crippen LogP contribution in [0.2, 0.25) is 5.02 Å². The van der Waals surface area contributed by atoms with Gasteiger partial charge in [-0.1, -0.05) is 11.6 Å². The molecule has 2 heterocycles. The second-order valence-corrected chi connectivity index (χ2v) is 8.29. The number of ether oxygens (including phenoxy) is 2. The first kappa shape index (κ1) is 18.2. The number of nitrogens with one attached hydrogen (secondary N) is 1. The van der Waals surface area contributed by atoms with Crippen LogP contribution in [0.25, 0.3) is 10.9 Å². The third-order valence-electron chi connectivity index (χ3n) is 3.76. The largest absolute Gasteiger partial charge is 0.493 e. The lowest BCUT2D eigenvalue weighted by Gasteiger charge is -2.16. The third kappa shape index (κ3) is 3.68. The summed E-state index contributed by atoms with van der Waals surface area (Å²) in [5.41, 5.74) is 0.797. The molecule has 3 aromatic rings. The molecule has 0 aliphatic carbocycles. The molecule has 0 radical (unpaired) electrons. The number of nitrogens with zero attached hydrogens (tertiary/aromatic N) is 2. The van der Waals surface area contributed by atoms with E-state index < -0.39 is 0 Å². The van der Waals surface area contributed by atoms with Crippen LogP contribution in [-0.2, 0) is 0 Å². The molecular formula is C17H17BrClN3O2S. The fourth-order valence-corrected chi connectivity index (χ4v) is 4.28. The highest BCUT2D eigenvalue weighted by atomic mass is 79.9. The van der Waals surface area contributed by atoms with Crippen molar-refractivity contribution in [2.24, 2.45) is 0 Å². The van der Waals surface area contributed by atoms with Gasteiger partial charge in [0.1, 0.15) is 11.6 Å². The van der Waals surface area contributed by atoms with Gasteiger partial charge in [0.25, 0.3) is 0 Å². The van der Waals surface area contributed by atoms with Gasteiger partial charge in [-0.25, -0.2) is 9.97 Å². The van der Waals surface area contributed by atoms with Crippen LogP contribution < -0.4 is 14.8 Å². The third-order valence-corrected chi connectivity index (χ3v) is 6.41. The number of halogens is 2. The van der Waals surface area contributed by atoms with Gasteiger partial charge in [-0.15, -0.1) is 11.3 Å². The molecule has 0 saturated carbocycles. The Morgan fingerprint density at radius 2 is 1.84 bits per heavy atom. The van der Waals surface area contributed by atoms with Crippen LogP contribution in [0.1, 0.15) is 23.7 Å². The van der Waals surface area contributed by atoms with E-state index >= 15 is 0 Å². The van der Waals surface area contributed by atoms with Crippen LogP contribution in [-0.4, -0.2) is 24.2 Å². The first-order valence-corrected chi connectivity index (χ1v) is 9.53. The Labute approximate surface area is 163 Å². The minimum atomic E-state index is 0.0411. The molecule has 0 saturated heterocycles. The van der Waals surface area contributed by atoms with E-state index in [4.69, 9.17) is 21.1 Å². The zero-order valence-corrected chi connectivity index (χ0v) is 17.3. The molecule has 8 heteroatoms. The number of aryl methyl sites for hydroxylation is 1. The number of anilines is 1. The first-order valence-electron chi connectivity index (χ1n) is 7.54. The lowest BCUT2D eigenvalue weighted by molar-refractivity contribution is 0.356. The van der Waals surface area contributed by atoms with E-state index in [2.05, 4.69) is 38.1 Å². The number of aromatic nitrogens is 2. The van der Waals surface area contributed by atoms with Crippen molar-refractivity contribution in [2.45, 2.75) is 19.9 Å². The average molecular weight is 443 g/mol. The Morgan fingerprint density at radius 1 is 1.16 bits per heavy atom. The van der Waals surface area contributed by atoms with E-state index in [1.807, 2.05) is 25.1 Å². The van der Waals surface area contributed by atoms with Gasteiger partial charge in [0, 0.05) is 16.3 Å². The van der Waals surface area contributed by atoms with Crippen molar-refractivity contribution >= 4 is 55.6 Å². The van der Waals surface area contributed by atoms with Crippen LogP contribution in [0.3, 0.4) is 0 Å². The van der Waals surface area contributed by atoms with Crippen LogP contribution in [0.15, 0.2) is 22.0 Å². The van der Waals surface area contributed by atoms with E-state index in [0.29, 0.717) is 22.3 Å². The molecule has 0 bridgehead atoms. The number of hydrogen-bond acceptors (Lipinski definition) is 6. The fraction of sp³-hybridized carbons (Fsp3) is 0.294. The molecule has 0 spiro atoms. The van der Waals surface area contributed by atoms with Crippen molar-refractivity contribution < 1.29 is 9.47 Å². The Kier molecular flexibility index (Phi) is 5.36. The summed E-state index contributed by atoms with van der Waals surface area (Å²) < 4.78 is 11.7. The summed E-state index contributed by atoms with van der Waals surface area (Å²) in [6.45, 7) is 3.93. The van der Waals surface area contributed by atoms with Crippen molar-refractivity contribution in [1.82, 2.24) is 9.97 Å². The van der Waals surface area contributed by atoms with Crippen LogP contribution in [0.4, 0.5) is 5.82 Å². The predicted octanol–water partition coefficient (Wildman–Crippen LogP) is 5.61. The summed E-state index contributed by atoms with van der Waals surface area (Å²) in [4.78, 5) is 10.2. The molecule has 2 aromatic heterocycles. The van der Waals surface area contributed by atoms with Crippen molar-refractivity contribution in [3.8, 4) is 11.5 Å². The molecule has 132 valence electrons. The molecule has 1 atom stereocenters. The zero-order valence-electron chi connectivity index (χ0n) is 14.2. The molecule has 1 N–H and O–H groups in total. The predicted molar refractivity (Wildman–Crippen MR) is 106 cm³/mol. The maximum atomic E-state index is 6.15. The van der Waals surface area contributed by atoms with E-state index in [0.717, 1.165) is 25.4 Å². The zero-order chi connectivity index (χ0) is 18.1. The van der Waals surface area contributed by atoms with Crippen molar-refractivity contribution in [3.63, 3.8) is 0 Å². The highest BCUT2D eigenvalue weighted by Gasteiger charge is 2.16. The van der Waals surface area contributed by atoms with E-state index in [1.165, 1.54) is 0 Å². The summed E-state index contributed by atoms with van der Waals surface area (Å²) in [5.74, 6) is 2.71. The second kappa shape index (κ2) is 7.35. The first-order chi connectivity index (χ1) is 11.9. The molecular weight excluding hydrogens is 426 g/mol. The summed E-state index contributed by atoms with van der Waals surface area (Å²) >= 11 is 11.2. The Morgan fingerprint density at radius 3 is 2.44 bits per heavy atom. The summed E-state index contributed by atoms with van der Waals surface area (Å²) in [6.07, 6.45) is 0. The SMILES string of the molecule is COc1cc2nc(C)nc(NC(C)c3cc(Cl)c(Br)s3)c2cc1OC. The van der Waals surface area contributed by atoms with E-state index in [1.54, 1.807) is 25.6 Å². The number of benzene rings is 1. The molecule has 25 heavy (non-hydrogen) atoms. The fourth-order valence-electron chi connectivity index (χ4n) is 2.53. The van der Waals surface area contributed by atoms with Crippen LogP contribution in [0, 0.1) is 6.92 Å². The standard InChI is InChI=1S/C17H17BrClN3O2S/c1-8(15-6-11(19)16(18)25-15)20-17-10-5-13(23-3)14(24-4)7-12(10)21-9(2)22-17/h5-8H,1-4H3,(H,20,21,22). The van der Waals surface area contributed by atoms with Gasteiger partial charge in [-0.05, 0) is 41.9 Å². The maximum absolute atomic E-state index is 6.15. The highest BCUT2D eigenvalue weighted by Crippen LogP contribution is 2.38. The molecule has 0 aliphatic rings. The molecule has 1 unspecified atom stereocenters. The quantitative estimate of drug-likeness (QED) is 0.557. The van der Waals surface area contributed by atoms with Crippen molar-refractivity contribution in [3.05, 3.63) is 37.7 Å². The number of fused-ring (bicyclic) bond motifs is 1. The molecule has 0 aliphatic heterocycles. The Balaban J connectivity index is 2.05. The lowest BCUT2D eigenvalue weighted by Crippen LogP contribution is -2.08. The molecule has 3 rings (SSSR count). The Bertz CT molecular complexity index is 912. The Hall–Kier alpha value is -1.57. The summed E-state index contributed by atoms with van der Waals surface area (Å²) in [5, 5.41) is 5.04. The number of rotatable bonds is 5. The van der Waals surface area contributed by atoms with E-state index in [9.17, 15) is 0 Å². The molecule has 0 amide bonds. The minimum absolute atomic E-state index is 0.0411. The van der Waals surface area contributed by atoms with Gasteiger partial charge in [-0.2, -0.15) is 0 Å². The van der Waals surface area contributed by atoms with Crippen LogP contribution in [0.5, 0.6) is 11.5 Å². The van der Waals surface area contributed by atoms with E-state index in [-0.39, 0.29) is 6.04 Å². The number of methoxy groups -OCH3 is 2. The van der Waals surface area contributed by atoms with Gasteiger partial charge in [0.05, 0.1) is 34.6 Å². The molecule has 1 aromatic carbocycles. The van der Waals surface area contributed by atoms with Crippen molar-refractivity contribution in [2.75, 3.05) is 19.5 Å². The van der Waals surface area contributed by atoms with Crippen molar-refractivity contribution in [1.29, 1.82) is 0 Å². The molecule has 0 fully saturated rings. The second-order valence-electron chi connectivity index (χ2n) is 5.48. The monoisotopic (exact) mass is 441 g/mol. The average Bonchev–Trinajstić information content (AvgIpc) is 2.92. The number of hydrogen-bond donors (Lipinski definition) is 1. The smallest absolute Gasteiger partial charge is 0.162 e. The normalized spacial score (nSPS) is 12.2. The topological polar surface area (TPSA) is 56.3 Å². The van der Waals surface area contributed by atoms with Gasteiger partial charge in [-0.3, -0.25) is 0 Å². The number of thiophene rings is 1. The maximum Gasteiger partial charge on any atom is 0.162 e. The lowest BCUT2D eigenvalue weighted by atomic mass is 10.2. The molecule has 5 nitrogen and oxygen atoms in total. The van der Waals surface area contributed by atoms with Gasteiger partial charge in [0.2, 0.25) is 0 Å². The minimum Gasteiger partial charge on any atom is -0.493 e. The summed E-state index contributed by atoms with van der Waals surface area (Å²) in [7, 11) is 3.22.